The Balaban J connectivity index is 3.11. The number of hydrogen-bond acceptors (Lipinski definition) is 6. The quantitative estimate of drug-likeness (QED) is 0.203. The summed E-state index contributed by atoms with van der Waals surface area (Å²) in [6.07, 6.45) is 7.55. The van der Waals surface area contributed by atoms with Crippen LogP contribution in [0.3, 0.4) is 0 Å². The number of carbonyl (C=O) groups is 1. The van der Waals surface area contributed by atoms with E-state index < -0.39 is 0 Å². The smallest absolute Gasteiger partial charge is 0.305 e. The van der Waals surface area contributed by atoms with Crippen molar-refractivity contribution in [3.05, 3.63) is 12.8 Å². The lowest BCUT2D eigenvalue weighted by Crippen LogP contribution is -2.14. The third kappa shape index (κ3) is 18.9. The average molecular weight is 346 g/mol. The standard InChI is InChI=1S/C18H34O6/c1-3-5-6-7-8-9-18(19)24-17-16-23-15-14-22-13-12-21-11-10-20-4-2/h4H,2-3,5-17H2,1H3. The number of hydrogen-bond donors (Lipinski definition) is 0. The van der Waals surface area contributed by atoms with Crippen molar-refractivity contribution in [2.75, 3.05) is 52.9 Å². The summed E-state index contributed by atoms with van der Waals surface area (Å²) in [6.45, 7) is 9.37. The predicted octanol–water partition coefficient (Wildman–Crippen LogP) is 3.10. The van der Waals surface area contributed by atoms with Crippen LogP contribution in [0.4, 0.5) is 0 Å². The van der Waals surface area contributed by atoms with Crippen LogP contribution in [-0.2, 0) is 28.5 Å². The fraction of sp³-hybridized carbons (Fsp3) is 0.833. The Morgan fingerprint density at radius 2 is 1.33 bits per heavy atom. The molecule has 0 atom stereocenters. The molecule has 0 amide bonds. The summed E-state index contributed by atoms with van der Waals surface area (Å²) >= 11 is 0. The Hall–Kier alpha value is -1.11. The van der Waals surface area contributed by atoms with E-state index in [0.29, 0.717) is 59.3 Å². The third-order valence-corrected chi connectivity index (χ3v) is 3.18. The van der Waals surface area contributed by atoms with Gasteiger partial charge in [0.25, 0.3) is 0 Å². The van der Waals surface area contributed by atoms with Crippen LogP contribution in [0.1, 0.15) is 45.4 Å². The lowest BCUT2D eigenvalue weighted by atomic mass is 10.1. The lowest BCUT2D eigenvalue weighted by molar-refractivity contribution is -0.145. The van der Waals surface area contributed by atoms with Crippen LogP contribution in [0.25, 0.3) is 0 Å². The van der Waals surface area contributed by atoms with Gasteiger partial charge in [0.2, 0.25) is 0 Å². The van der Waals surface area contributed by atoms with Gasteiger partial charge >= 0.3 is 5.97 Å². The summed E-state index contributed by atoms with van der Waals surface area (Å²) in [4.78, 5) is 11.4. The zero-order valence-electron chi connectivity index (χ0n) is 15.1. The maximum Gasteiger partial charge on any atom is 0.305 e. The molecule has 0 saturated carbocycles. The van der Waals surface area contributed by atoms with Gasteiger partial charge in [-0.05, 0) is 6.42 Å². The van der Waals surface area contributed by atoms with Crippen molar-refractivity contribution < 1.29 is 28.5 Å². The Kier molecular flexibility index (Phi) is 19.0. The molecule has 6 nitrogen and oxygen atoms in total. The Bertz CT molecular complexity index is 283. The molecule has 142 valence electrons. The van der Waals surface area contributed by atoms with Crippen LogP contribution in [-0.4, -0.2) is 58.8 Å². The largest absolute Gasteiger partial charge is 0.499 e. The van der Waals surface area contributed by atoms with Crippen molar-refractivity contribution >= 4 is 5.97 Å². The van der Waals surface area contributed by atoms with Crippen LogP contribution in [0, 0.1) is 0 Å². The van der Waals surface area contributed by atoms with E-state index >= 15 is 0 Å². The van der Waals surface area contributed by atoms with Gasteiger partial charge in [-0.3, -0.25) is 4.79 Å². The van der Waals surface area contributed by atoms with Gasteiger partial charge in [0.15, 0.2) is 0 Å². The molecular weight excluding hydrogens is 312 g/mol. The molecule has 0 aliphatic heterocycles. The summed E-state index contributed by atoms with van der Waals surface area (Å²) in [5, 5.41) is 0. The van der Waals surface area contributed by atoms with Crippen molar-refractivity contribution in [3.63, 3.8) is 0 Å². The van der Waals surface area contributed by atoms with Crippen LogP contribution < -0.4 is 0 Å². The fourth-order valence-corrected chi connectivity index (χ4v) is 1.89. The lowest BCUT2D eigenvalue weighted by Gasteiger charge is -2.07. The monoisotopic (exact) mass is 346 g/mol. The van der Waals surface area contributed by atoms with Crippen molar-refractivity contribution in [1.29, 1.82) is 0 Å². The topological polar surface area (TPSA) is 63.2 Å². The molecule has 0 aromatic heterocycles. The summed E-state index contributed by atoms with van der Waals surface area (Å²) in [6, 6.07) is 0. The van der Waals surface area contributed by atoms with Gasteiger partial charge in [0.05, 0.1) is 45.9 Å². The van der Waals surface area contributed by atoms with E-state index in [4.69, 9.17) is 23.7 Å². The minimum absolute atomic E-state index is 0.135. The van der Waals surface area contributed by atoms with Crippen LogP contribution in [0.5, 0.6) is 0 Å². The van der Waals surface area contributed by atoms with E-state index in [1.165, 1.54) is 25.5 Å². The van der Waals surface area contributed by atoms with Gasteiger partial charge in [-0.25, -0.2) is 0 Å². The van der Waals surface area contributed by atoms with E-state index in [1.54, 1.807) is 0 Å². The minimum atomic E-state index is -0.135. The van der Waals surface area contributed by atoms with Gasteiger partial charge < -0.3 is 23.7 Å². The van der Waals surface area contributed by atoms with Crippen molar-refractivity contribution in [1.82, 2.24) is 0 Å². The van der Waals surface area contributed by atoms with Crippen LogP contribution >= 0.6 is 0 Å². The van der Waals surface area contributed by atoms with E-state index in [-0.39, 0.29) is 5.97 Å². The van der Waals surface area contributed by atoms with Gasteiger partial charge in [-0.1, -0.05) is 39.2 Å². The second-order valence-electron chi connectivity index (χ2n) is 5.26. The molecule has 0 unspecified atom stereocenters. The van der Waals surface area contributed by atoms with E-state index in [0.717, 1.165) is 12.8 Å². The van der Waals surface area contributed by atoms with Gasteiger partial charge in [-0.15, -0.1) is 0 Å². The minimum Gasteiger partial charge on any atom is -0.499 e. The molecule has 0 spiro atoms. The van der Waals surface area contributed by atoms with Crippen molar-refractivity contribution in [2.24, 2.45) is 0 Å². The van der Waals surface area contributed by atoms with Crippen molar-refractivity contribution in [2.45, 2.75) is 45.4 Å². The fourth-order valence-electron chi connectivity index (χ4n) is 1.89. The number of esters is 1. The highest BCUT2D eigenvalue weighted by atomic mass is 16.6. The summed E-state index contributed by atoms with van der Waals surface area (Å²) in [5.41, 5.74) is 0. The highest BCUT2D eigenvalue weighted by Crippen LogP contribution is 2.05. The maximum absolute atomic E-state index is 11.4. The van der Waals surface area contributed by atoms with Crippen LogP contribution in [0.15, 0.2) is 12.8 Å². The van der Waals surface area contributed by atoms with Crippen LogP contribution in [0.2, 0.25) is 0 Å². The molecule has 6 heteroatoms. The van der Waals surface area contributed by atoms with Gasteiger partial charge in [0, 0.05) is 6.42 Å². The first-order valence-electron chi connectivity index (χ1n) is 8.92. The van der Waals surface area contributed by atoms with Gasteiger partial charge in [0.1, 0.15) is 13.2 Å². The number of carbonyl (C=O) groups excluding carboxylic acids is 1. The van der Waals surface area contributed by atoms with E-state index in [9.17, 15) is 4.79 Å². The van der Waals surface area contributed by atoms with Crippen molar-refractivity contribution in [3.8, 4) is 0 Å². The number of rotatable bonds is 19. The molecule has 0 fully saturated rings. The first-order chi connectivity index (χ1) is 11.8. The first kappa shape index (κ1) is 22.9. The zero-order valence-corrected chi connectivity index (χ0v) is 15.1. The molecule has 0 aliphatic carbocycles. The molecule has 0 aromatic rings. The molecular formula is C18H34O6. The summed E-state index contributed by atoms with van der Waals surface area (Å²) in [5.74, 6) is -0.135. The highest BCUT2D eigenvalue weighted by Gasteiger charge is 2.02. The number of ether oxygens (including phenoxy) is 5. The molecule has 0 heterocycles. The molecule has 0 radical (unpaired) electrons. The molecule has 0 aromatic carbocycles. The SMILES string of the molecule is C=COCCOCCOCCOCCOC(=O)CCCCCCC. The average Bonchev–Trinajstić information content (AvgIpc) is 2.59. The third-order valence-electron chi connectivity index (χ3n) is 3.18. The van der Waals surface area contributed by atoms with E-state index in [2.05, 4.69) is 13.5 Å². The summed E-state index contributed by atoms with van der Waals surface area (Å²) < 4.78 is 25.9. The maximum atomic E-state index is 11.4. The van der Waals surface area contributed by atoms with E-state index in [1.807, 2.05) is 0 Å². The predicted molar refractivity (Wildman–Crippen MR) is 92.9 cm³/mol. The molecule has 0 N–H and O–H groups in total. The normalized spacial score (nSPS) is 10.5. The summed E-state index contributed by atoms with van der Waals surface area (Å²) in [7, 11) is 0. The second kappa shape index (κ2) is 19.9. The Labute approximate surface area is 146 Å². The molecule has 0 aliphatic rings. The first-order valence-corrected chi connectivity index (χ1v) is 8.92. The zero-order chi connectivity index (χ0) is 17.7. The molecule has 0 rings (SSSR count). The molecule has 24 heavy (non-hydrogen) atoms. The molecule has 0 bridgehead atoms. The second-order valence-corrected chi connectivity index (χ2v) is 5.26. The Morgan fingerprint density at radius 3 is 1.92 bits per heavy atom. The number of unbranched alkanes of at least 4 members (excludes halogenated alkanes) is 4. The Morgan fingerprint density at radius 1 is 0.792 bits per heavy atom. The molecule has 0 saturated heterocycles. The van der Waals surface area contributed by atoms with Gasteiger partial charge in [-0.2, -0.15) is 0 Å². The highest BCUT2D eigenvalue weighted by molar-refractivity contribution is 5.69.